The molecule has 8 heteroatoms. The SMILES string of the molecule is CSNc1cc(-c2ccc3ncnc(NC4COc5ccccc54)c3c2)cnc1Cl. The lowest BCUT2D eigenvalue weighted by molar-refractivity contribution is 0.339. The van der Waals surface area contributed by atoms with Crippen LogP contribution < -0.4 is 14.8 Å². The third-order valence-electron chi connectivity index (χ3n) is 5.03. The number of hydrogen-bond donors (Lipinski definition) is 2. The summed E-state index contributed by atoms with van der Waals surface area (Å²) in [6, 6.07) is 16.2. The van der Waals surface area contributed by atoms with Gasteiger partial charge in [0.05, 0.1) is 17.2 Å². The summed E-state index contributed by atoms with van der Waals surface area (Å²) in [5, 5.41) is 4.91. The molecule has 0 radical (unpaired) electrons. The quantitative estimate of drug-likeness (QED) is 0.313. The Hall–Kier alpha value is -3.03. The predicted molar refractivity (Wildman–Crippen MR) is 123 cm³/mol. The van der Waals surface area contributed by atoms with E-state index in [-0.39, 0.29) is 6.04 Å². The Kier molecular flexibility index (Phi) is 5.06. The van der Waals surface area contributed by atoms with E-state index in [4.69, 9.17) is 16.3 Å². The Morgan fingerprint density at radius 1 is 1.07 bits per heavy atom. The van der Waals surface area contributed by atoms with Gasteiger partial charge < -0.3 is 14.8 Å². The van der Waals surface area contributed by atoms with Gasteiger partial charge >= 0.3 is 0 Å². The molecule has 2 N–H and O–H groups in total. The maximum Gasteiger partial charge on any atom is 0.152 e. The van der Waals surface area contributed by atoms with E-state index in [1.165, 1.54) is 11.9 Å². The van der Waals surface area contributed by atoms with E-state index >= 15 is 0 Å². The van der Waals surface area contributed by atoms with Crippen molar-refractivity contribution in [2.75, 3.05) is 22.9 Å². The van der Waals surface area contributed by atoms with E-state index in [0.29, 0.717) is 11.8 Å². The molecule has 1 aliphatic rings. The number of pyridine rings is 1. The van der Waals surface area contributed by atoms with Crippen LogP contribution in [0.2, 0.25) is 5.15 Å². The number of benzene rings is 2. The normalized spacial score (nSPS) is 14.9. The van der Waals surface area contributed by atoms with Gasteiger partial charge in [0.2, 0.25) is 0 Å². The molecule has 0 aliphatic carbocycles. The molecule has 0 fully saturated rings. The summed E-state index contributed by atoms with van der Waals surface area (Å²) < 4.78 is 8.96. The molecule has 1 atom stereocenters. The number of fused-ring (bicyclic) bond motifs is 2. The van der Waals surface area contributed by atoms with Gasteiger partial charge in [-0.25, -0.2) is 15.0 Å². The van der Waals surface area contributed by atoms with E-state index in [2.05, 4.69) is 37.1 Å². The van der Waals surface area contributed by atoms with Crippen molar-refractivity contribution in [3.05, 3.63) is 71.8 Å². The van der Waals surface area contributed by atoms with Crippen molar-refractivity contribution in [1.82, 2.24) is 15.0 Å². The molecule has 0 saturated heterocycles. The molecule has 2 aromatic heterocycles. The van der Waals surface area contributed by atoms with E-state index < -0.39 is 0 Å². The van der Waals surface area contributed by atoms with E-state index in [0.717, 1.165) is 44.8 Å². The van der Waals surface area contributed by atoms with Crippen molar-refractivity contribution >= 4 is 46.0 Å². The molecule has 1 unspecified atom stereocenters. The highest BCUT2D eigenvalue weighted by atomic mass is 35.5. The third kappa shape index (κ3) is 3.51. The third-order valence-corrected chi connectivity index (χ3v) is 5.76. The minimum absolute atomic E-state index is 0.0394. The first-order valence-electron chi connectivity index (χ1n) is 9.41. The molecule has 30 heavy (non-hydrogen) atoms. The number of ether oxygens (including phenoxy) is 1. The number of nitrogens with one attached hydrogen (secondary N) is 2. The average molecular weight is 436 g/mol. The number of anilines is 2. The first-order chi connectivity index (χ1) is 14.7. The average Bonchev–Trinajstić information content (AvgIpc) is 3.18. The van der Waals surface area contributed by atoms with Crippen LogP contribution in [0.4, 0.5) is 11.5 Å². The lowest BCUT2D eigenvalue weighted by Gasteiger charge is -2.15. The molecule has 150 valence electrons. The van der Waals surface area contributed by atoms with Gasteiger partial charge in [-0.1, -0.05) is 47.8 Å². The molecule has 1 aliphatic heterocycles. The van der Waals surface area contributed by atoms with E-state index in [1.807, 2.05) is 42.7 Å². The zero-order chi connectivity index (χ0) is 20.5. The Labute approximate surface area is 183 Å². The summed E-state index contributed by atoms with van der Waals surface area (Å²) in [7, 11) is 0. The van der Waals surface area contributed by atoms with Crippen molar-refractivity contribution < 1.29 is 4.74 Å². The second kappa shape index (κ2) is 8.01. The molecular weight excluding hydrogens is 418 g/mol. The zero-order valence-corrected chi connectivity index (χ0v) is 17.7. The predicted octanol–water partition coefficient (Wildman–Crippen LogP) is 5.58. The number of aromatic nitrogens is 3. The van der Waals surface area contributed by atoms with Crippen molar-refractivity contribution in [1.29, 1.82) is 0 Å². The van der Waals surface area contributed by atoms with Crippen LogP contribution in [0.3, 0.4) is 0 Å². The summed E-state index contributed by atoms with van der Waals surface area (Å²) in [4.78, 5) is 13.2. The second-order valence-electron chi connectivity index (χ2n) is 6.87. The molecule has 4 aromatic rings. The van der Waals surface area contributed by atoms with Crippen LogP contribution in [-0.2, 0) is 0 Å². The van der Waals surface area contributed by atoms with Crippen LogP contribution in [0.25, 0.3) is 22.0 Å². The second-order valence-corrected chi connectivity index (χ2v) is 7.84. The lowest BCUT2D eigenvalue weighted by Crippen LogP contribution is -2.13. The van der Waals surface area contributed by atoms with Gasteiger partial charge in [0.1, 0.15) is 24.5 Å². The van der Waals surface area contributed by atoms with Crippen LogP contribution in [0.15, 0.2) is 61.1 Å². The molecular formula is C22H18ClN5OS. The monoisotopic (exact) mass is 435 g/mol. The fraction of sp³-hybridized carbons (Fsp3) is 0.136. The fourth-order valence-electron chi connectivity index (χ4n) is 3.59. The molecule has 5 rings (SSSR count). The summed E-state index contributed by atoms with van der Waals surface area (Å²) in [5.41, 5.74) is 4.76. The highest BCUT2D eigenvalue weighted by molar-refractivity contribution is 7.99. The summed E-state index contributed by atoms with van der Waals surface area (Å²) >= 11 is 7.66. The van der Waals surface area contributed by atoms with Crippen LogP contribution in [-0.4, -0.2) is 27.8 Å². The topological polar surface area (TPSA) is 72.0 Å². The minimum atomic E-state index is 0.0394. The molecule has 0 saturated carbocycles. The number of rotatable bonds is 5. The van der Waals surface area contributed by atoms with Gasteiger partial charge in [-0.3, -0.25) is 0 Å². The molecule has 2 aromatic carbocycles. The van der Waals surface area contributed by atoms with Gasteiger partial charge in [0.15, 0.2) is 5.15 Å². The molecule has 0 bridgehead atoms. The Morgan fingerprint density at radius 2 is 1.97 bits per heavy atom. The van der Waals surface area contributed by atoms with Crippen molar-refractivity contribution in [2.24, 2.45) is 0 Å². The van der Waals surface area contributed by atoms with E-state index in [1.54, 1.807) is 12.5 Å². The fourth-order valence-corrected chi connectivity index (χ4v) is 4.17. The minimum Gasteiger partial charge on any atom is -0.491 e. The van der Waals surface area contributed by atoms with E-state index in [9.17, 15) is 0 Å². The largest absolute Gasteiger partial charge is 0.491 e. The summed E-state index contributed by atoms with van der Waals surface area (Å²) in [6.45, 7) is 0.565. The first-order valence-corrected chi connectivity index (χ1v) is 11.0. The highest BCUT2D eigenvalue weighted by Gasteiger charge is 2.24. The zero-order valence-electron chi connectivity index (χ0n) is 16.1. The Morgan fingerprint density at radius 3 is 2.87 bits per heavy atom. The molecule has 0 spiro atoms. The lowest BCUT2D eigenvalue weighted by atomic mass is 10.0. The molecule has 3 heterocycles. The van der Waals surface area contributed by atoms with Crippen LogP contribution in [0.1, 0.15) is 11.6 Å². The standard InChI is InChI=1S/C22H18ClN5OS/c1-30-28-18-9-14(10-24-21(18)23)13-6-7-17-16(8-13)22(26-12-25-17)27-19-11-29-20-5-3-2-4-15(19)20/h2-10,12,19,28H,11H2,1H3,(H,25,26,27). The number of nitrogens with zero attached hydrogens (tertiary/aromatic N) is 3. The Balaban J connectivity index is 1.53. The molecule has 0 amide bonds. The first kappa shape index (κ1) is 19.0. The maximum atomic E-state index is 6.19. The maximum absolute atomic E-state index is 6.19. The highest BCUT2D eigenvalue weighted by Crippen LogP contribution is 2.36. The van der Waals surface area contributed by atoms with Crippen molar-refractivity contribution in [3.8, 4) is 16.9 Å². The summed E-state index contributed by atoms with van der Waals surface area (Å²) in [6.07, 6.45) is 5.29. The number of hydrogen-bond acceptors (Lipinski definition) is 7. The van der Waals surface area contributed by atoms with Crippen LogP contribution >= 0.6 is 23.5 Å². The van der Waals surface area contributed by atoms with Gasteiger partial charge in [-0.05, 0) is 29.8 Å². The van der Waals surface area contributed by atoms with Gasteiger partial charge in [0, 0.05) is 29.0 Å². The number of para-hydroxylation sites is 1. The van der Waals surface area contributed by atoms with Gasteiger partial charge in [-0.15, -0.1) is 0 Å². The number of halogens is 1. The smallest absolute Gasteiger partial charge is 0.152 e. The van der Waals surface area contributed by atoms with Crippen molar-refractivity contribution in [2.45, 2.75) is 6.04 Å². The van der Waals surface area contributed by atoms with Crippen molar-refractivity contribution in [3.63, 3.8) is 0 Å². The molecule has 6 nitrogen and oxygen atoms in total. The Bertz CT molecular complexity index is 1240. The summed E-state index contributed by atoms with van der Waals surface area (Å²) in [5.74, 6) is 1.69. The van der Waals surface area contributed by atoms with Crippen LogP contribution in [0, 0.1) is 0 Å². The van der Waals surface area contributed by atoms with Crippen LogP contribution in [0.5, 0.6) is 5.75 Å². The van der Waals surface area contributed by atoms with Gasteiger partial charge in [-0.2, -0.15) is 0 Å². The van der Waals surface area contributed by atoms with Gasteiger partial charge in [0.25, 0.3) is 0 Å².